The molecule has 0 aliphatic rings. The second kappa shape index (κ2) is 3.51. The minimum absolute atomic E-state index is 0.131. The maximum atomic E-state index is 10.9. The van der Waals surface area contributed by atoms with E-state index in [1.54, 1.807) is 0 Å². The first-order valence-electron chi connectivity index (χ1n) is 3.19. The predicted molar refractivity (Wildman–Crippen MR) is 41.6 cm³/mol. The van der Waals surface area contributed by atoms with E-state index in [1.165, 1.54) is 16.8 Å². The predicted octanol–water partition coefficient (Wildman–Crippen LogP) is -1.00. The molecular weight excluding hydrogens is 162 g/mol. The Hall–Kier alpha value is -1.85. The molecule has 1 heterocycles. The van der Waals surface area contributed by atoms with Gasteiger partial charge in [-0.05, 0) is 0 Å². The zero-order chi connectivity index (χ0) is 8.97. The number of rotatable bonds is 2. The van der Waals surface area contributed by atoms with Crippen molar-refractivity contribution in [1.29, 1.82) is 0 Å². The van der Waals surface area contributed by atoms with Crippen LogP contribution in [-0.2, 0) is 6.54 Å². The van der Waals surface area contributed by atoms with E-state index >= 15 is 0 Å². The summed E-state index contributed by atoms with van der Waals surface area (Å²) in [5.74, 6) is 0. The van der Waals surface area contributed by atoms with Crippen molar-refractivity contribution in [1.82, 2.24) is 9.55 Å². The van der Waals surface area contributed by atoms with Gasteiger partial charge >= 0.3 is 5.69 Å². The van der Waals surface area contributed by atoms with Crippen molar-refractivity contribution in [3.8, 4) is 0 Å². The van der Waals surface area contributed by atoms with Crippen molar-refractivity contribution in [2.75, 3.05) is 0 Å². The number of aromatic nitrogens is 2. The molecule has 0 saturated carbocycles. The van der Waals surface area contributed by atoms with Gasteiger partial charge in [0.1, 0.15) is 0 Å². The molecule has 1 aromatic heterocycles. The number of nitrogens with zero attached hydrogens (tertiary/aromatic N) is 2. The summed E-state index contributed by atoms with van der Waals surface area (Å²) in [7, 11) is 0. The van der Waals surface area contributed by atoms with Gasteiger partial charge in [-0.2, -0.15) is 0 Å². The lowest BCUT2D eigenvalue weighted by atomic mass is 10.6. The third-order valence-corrected chi connectivity index (χ3v) is 1.26. The van der Waals surface area contributed by atoms with E-state index in [4.69, 9.17) is 5.21 Å². The highest BCUT2D eigenvalue weighted by atomic mass is 16.4. The Morgan fingerprint density at radius 2 is 2.42 bits per heavy atom. The molecule has 64 valence electrons. The van der Waals surface area contributed by atoms with Crippen LogP contribution in [0.1, 0.15) is 0 Å². The Morgan fingerprint density at radius 3 is 3.00 bits per heavy atom. The number of aromatic amines is 1. The maximum absolute atomic E-state index is 10.9. The highest BCUT2D eigenvalue weighted by molar-refractivity contribution is 5.55. The number of oxime groups is 1. The van der Waals surface area contributed by atoms with Crippen LogP contribution >= 0.6 is 0 Å². The van der Waals surface area contributed by atoms with E-state index in [9.17, 15) is 9.59 Å². The molecule has 6 heteroatoms. The molecule has 6 nitrogen and oxygen atoms in total. The third-order valence-electron chi connectivity index (χ3n) is 1.26. The summed E-state index contributed by atoms with van der Waals surface area (Å²) in [4.78, 5) is 23.5. The normalized spacial score (nSPS) is 10.7. The van der Waals surface area contributed by atoms with Gasteiger partial charge in [0.05, 0.1) is 12.8 Å². The third kappa shape index (κ3) is 1.82. The zero-order valence-electron chi connectivity index (χ0n) is 6.10. The van der Waals surface area contributed by atoms with Crippen LogP contribution in [0, 0.1) is 0 Å². The molecule has 0 atom stereocenters. The van der Waals surface area contributed by atoms with E-state index in [0.717, 1.165) is 6.21 Å². The van der Waals surface area contributed by atoms with E-state index < -0.39 is 11.2 Å². The smallest absolute Gasteiger partial charge is 0.328 e. The topological polar surface area (TPSA) is 87.4 Å². The Morgan fingerprint density at radius 1 is 1.67 bits per heavy atom. The van der Waals surface area contributed by atoms with Crippen LogP contribution in [0.25, 0.3) is 0 Å². The molecule has 2 N–H and O–H groups in total. The van der Waals surface area contributed by atoms with Crippen molar-refractivity contribution in [3.63, 3.8) is 0 Å². The lowest BCUT2D eigenvalue weighted by Gasteiger charge is -1.96. The molecule has 0 radical (unpaired) electrons. The summed E-state index contributed by atoms with van der Waals surface area (Å²) in [5.41, 5.74) is -0.973. The van der Waals surface area contributed by atoms with Crippen molar-refractivity contribution in [2.24, 2.45) is 5.16 Å². The minimum Gasteiger partial charge on any atom is -0.411 e. The average molecular weight is 169 g/mol. The number of hydrogen-bond donors (Lipinski definition) is 2. The van der Waals surface area contributed by atoms with Gasteiger partial charge in [0.25, 0.3) is 5.56 Å². The molecule has 0 unspecified atom stereocenters. The monoisotopic (exact) mass is 169 g/mol. The van der Waals surface area contributed by atoms with Crippen LogP contribution < -0.4 is 11.2 Å². The van der Waals surface area contributed by atoms with Gasteiger partial charge in [-0.1, -0.05) is 0 Å². The number of H-pyrrole nitrogens is 1. The van der Waals surface area contributed by atoms with Crippen LogP contribution in [0.3, 0.4) is 0 Å². The van der Waals surface area contributed by atoms with E-state index in [-0.39, 0.29) is 6.54 Å². The fourth-order valence-corrected chi connectivity index (χ4v) is 0.712. The lowest BCUT2D eigenvalue weighted by Crippen LogP contribution is -2.28. The van der Waals surface area contributed by atoms with Gasteiger partial charge in [0.2, 0.25) is 0 Å². The van der Waals surface area contributed by atoms with Crippen molar-refractivity contribution >= 4 is 6.21 Å². The first kappa shape index (κ1) is 8.25. The lowest BCUT2D eigenvalue weighted by molar-refractivity contribution is 0.320. The maximum Gasteiger partial charge on any atom is 0.328 e. The summed E-state index contributed by atoms with van der Waals surface area (Å²) in [6.07, 6.45) is 2.46. The summed E-state index contributed by atoms with van der Waals surface area (Å²) in [6.45, 7) is 0.131. The van der Waals surface area contributed by atoms with Crippen LogP contribution in [0.4, 0.5) is 0 Å². The molecule has 0 bridgehead atoms. The van der Waals surface area contributed by atoms with Gasteiger partial charge in [-0.15, -0.1) is 5.16 Å². The van der Waals surface area contributed by atoms with Gasteiger partial charge < -0.3 is 5.21 Å². The van der Waals surface area contributed by atoms with Crippen LogP contribution in [0.15, 0.2) is 27.0 Å². The molecular formula is C6H7N3O3. The molecule has 1 rings (SSSR count). The SMILES string of the molecule is O=c1ccn(C/C=N\O)c(=O)[nH]1. The standard InChI is InChI=1S/C6H7N3O3/c10-5-1-3-9(4-2-7-12)6(11)8-5/h1-3,12H,4H2,(H,8,10,11)/b7-2-. The van der Waals surface area contributed by atoms with Crippen molar-refractivity contribution < 1.29 is 5.21 Å². The molecule has 0 aliphatic heterocycles. The molecule has 0 saturated heterocycles. The first-order chi connectivity index (χ1) is 5.74. The van der Waals surface area contributed by atoms with Crippen LogP contribution in [0.5, 0.6) is 0 Å². The average Bonchev–Trinajstić information content (AvgIpc) is 2.03. The largest absolute Gasteiger partial charge is 0.411 e. The number of hydrogen-bond acceptors (Lipinski definition) is 4. The van der Waals surface area contributed by atoms with Gasteiger partial charge in [0.15, 0.2) is 0 Å². The summed E-state index contributed by atoms with van der Waals surface area (Å²) in [5, 5.41) is 10.8. The molecule has 0 fully saturated rings. The Labute approximate surface area is 66.8 Å². The molecule has 12 heavy (non-hydrogen) atoms. The minimum atomic E-state index is -0.526. The highest BCUT2D eigenvalue weighted by Crippen LogP contribution is 1.72. The molecule has 0 amide bonds. The summed E-state index contributed by atoms with van der Waals surface area (Å²) >= 11 is 0. The Kier molecular flexibility index (Phi) is 2.42. The van der Waals surface area contributed by atoms with Crippen LogP contribution in [0.2, 0.25) is 0 Å². The second-order valence-corrected chi connectivity index (χ2v) is 2.06. The Balaban J connectivity index is 3.02. The summed E-state index contributed by atoms with van der Waals surface area (Å²) < 4.78 is 1.20. The van der Waals surface area contributed by atoms with E-state index in [0.29, 0.717) is 0 Å². The zero-order valence-corrected chi connectivity index (χ0v) is 6.10. The Bertz CT molecular complexity index is 390. The van der Waals surface area contributed by atoms with Gasteiger partial charge in [0, 0.05) is 12.3 Å². The van der Waals surface area contributed by atoms with Crippen molar-refractivity contribution in [2.45, 2.75) is 6.54 Å². The van der Waals surface area contributed by atoms with Gasteiger partial charge in [-0.25, -0.2) is 4.79 Å². The van der Waals surface area contributed by atoms with E-state index in [1.807, 2.05) is 0 Å². The molecule has 0 aromatic carbocycles. The van der Waals surface area contributed by atoms with Gasteiger partial charge in [-0.3, -0.25) is 14.3 Å². The van der Waals surface area contributed by atoms with Crippen molar-refractivity contribution in [3.05, 3.63) is 33.1 Å². The fourth-order valence-electron chi connectivity index (χ4n) is 0.712. The van der Waals surface area contributed by atoms with E-state index in [2.05, 4.69) is 10.1 Å². The molecule has 0 spiro atoms. The highest BCUT2D eigenvalue weighted by Gasteiger charge is 1.92. The second-order valence-electron chi connectivity index (χ2n) is 2.06. The molecule has 1 aromatic rings. The first-order valence-corrected chi connectivity index (χ1v) is 3.19. The molecule has 0 aliphatic carbocycles. The summed E-state index contributed by atoms with van der Waals surface area (Å²) in [6, 6.07) is 1.21. The number of nitrogens with one attached hydrogen (secondary N) is 1. The fraction of sp³-hybridized carbons (Fsp3) is 0.167. The quantitative estimate of drug-likeness (QED) is 0.338. The van der Waals surface area contributed by atoms with Crippen LogP contribution in [-0.4, -0.2) is 21.0 Å².